The molecule has 6 aliphatic rings. The lowest BCUT2D eigenvalue weighted by Crippen LogP contribution is -2.58. The average Bonchev–Trinajstić information content (AvgIpc) is 3.09. The van der Waals surface area contributed by atoms with Crippen molar-refractivity contribution in [3.05, 3.63) is 0 Å². The summed E-state index contributed by atoms with van der Waals surface area (Å²) in [5.41, 5.74) is 0.261. The van der Waals surface area contributed by atoms with Gasteiger partial charge >= 0.3 is 0 Å². The molecule has 3 heteroatoms. The molecule has 4 aliphatic carbocycles. The molecule has 2 heterocycles. The zero-order chi connectivity index (χ0) is 20.8. The lowest BCUT2D eigenvalue weighted by molar-refractivity contribution is -0.130. The lowest BCUT2D eigenvalue weighted by atomic mass is 9.51. The van der Waals surface area contributed by atoms with Crippen molar-refractivity contribution >= 4 is 0 Å². The Balaban J connectivity index is 1.28. The van der Waals surface area contributed by atoms with Crippen LogP contribution in [-0.4, -0.2) is 46.5 Å². The van der Waals surface area contributed by atoms with E-state index < -0.39 is 0 Å². The highest BCUT2D eigenvalue weighted by Gasteiger charge is 2.62. The third-order valence-corrected chi connectivity index (χ3v) is 12.0. The number of hydrogen-bond donors (Lipinski definition) is 2. The fraction of sp³-hybridized carbons (Fsp3) is 1.00. The smallest absolute Gasteiger partial charge is 0.0577 e. The van der Waals surface area contributed by atoms with Gasteiger partial charge in [0.25, 0.3) is 0 Å². The second kappa shape index (κ2) is 7.19. The fourth-order valence-electron chi connectivity index (χ4n) is 10.6. The van der Waals surface area contributed by atoms with Gasteiger partial charge in [0.1, 0.15) is 0 Å². The van der Waals surface area contributed by atoms with Crippen LogP contribution in [0.3, 0.4) is 0 Å². The second-order valence-corrected chi connectivity index (χ2v) is 13.1. The van der Waals surface area contributed by atoms with Crippen molar-refractivity contribution in [3.63, 3.8) is 0 Å². The Bertz CT molecular complexity index is 665. The van der Waals surface area contributed by atoms with E-state index in [1.807, 2.05) is 0 Å². The van der Waals surface area contributed by atoms with Crippen molar-refractivity contribution in [1.82, 2.24) is 4.90 Å². The maximum atomic E-state index is 11.2. The first-order valence-corrected chi connectivity index (χ1v) is 13.5. The third kappa shape index (κ3) is 2.86. The number of piperidine rings is 2. The summed E-state index contributed by atoms with van der Waals surface area (Å²) in [4.78, 5) is 2.92. The minimum absolute atomic E-state index is 0.180. The van der Waals surface area contributed by atoms with Gasteiger partial charge in [-0.25, -0.2) is 0 Å². The van der Waals surface area contributed by atoms with Crippen LogP contribution in [0.15, 0.2) is 0 Å². The monoisotopic (exact) mass is 415 g/mol. The molecule has 13 atom stereocenters. The molecule has 4 saturated carbocycles. The van der Waals surface area contributed by atoms with E-state index in [4.69, 9.17) is 0 Å². The Hall–Kier alpha value is -0.120. The summed E-state index contributed by atoms with van der Waals surface area (Å²) in [6.45, 7) is 10.3. The summed E-state index contributed by atoms with van der Waals surface area (Å²) in [7, 11) is 0. The van der Waals surface area contributed by atoms with Crippen LogP contribution in [0.2, 0.25) is 0 Å². The van der Waals surface area contributed by atoms with Crippen LogP contribution in [0.5, 0.6) is 0 Å². The van der Waals surface area contributed by atoms with Crippen LogP contribution in [0.1, 0.15) is 78.6 Å². The van der Waals surface area contributed by atoms with E-state index in [1.54, 1.807) is 0 Å². The molecule has 0 aromatic rings. The van der Waals surface area contributed by atoms with Crippen LogP contribution < -0.4 is 0 Å². The first-order valence-electron chi connectivity index (χ1n) is 13.5. The van der Waals surface area contributed by atoms with E-state index in [9.17, 15) is 10.2 Å². The van der Waals surface area contributed by atoms with Gasteiger partial charge < -0.3 is 10.2 Å². The SMILES string of the molecule is C[C@@H]1CC[C@H]2[C@H](C)[C@H]3CC[C@@H]4[C@@H](C[C@H]5[C@@H]4C[C@H](O)[C@H]4C[C@@H](O)CC[C@@]45C)[C@@H]3CN2C1. The molecule has 170 valence electrons. The van der Waals surface area contributed by atoms with Crippen molar-refractivity contribution in [2.24, 2.45) is 58.7 Å². The molecule has 3 nitrogen and oxygen atoms in total. The Morgan fingerprint density at radius 1 is 0.733 bits per heavy atom. The van der Waals surface area contributed by atoms with Crippen molar-refractivity contribution in [3.8, 4) is 0 Å². The summed E-state index contributed by atoms with van der Waals surface area (Å²) in [6.07, 6.45) is 10.7. The summed E-state index contributed by atoms with van der Waals surface area (Å²) in [6, 6.07) is 0.853. The molecule has 0 aromatic carbocycles. The zero-order valence-corrected chi connectivity index (χ0v) is 19.5. The Labute approximate surface area is 184 Å². The molecule has 0 bridgehead atoms. The molecule has 2 aliphatic heterocycles. The second-order valence-electron chi connectivity index (χ2n) is 13.1. The van der Waals surface area contributed by atoms with E-state index in [0.29, 0.717) is 5.92 Å². The maximum Gasteiger partial charge on any atom is 0.0577 e. The van der Waals surface area contributed by atoms with E-state index in [0.717, 1.165) is 79.1 Å². The lowest BCUT2D eigenvalue weighted by Gasteiger charge is -2.56. The topological polar surface area (TPSA) is 43.7 Å². The van der Waals surface area contributed by atoms with E-state index in [1.165, 1.54) is 45.2 Å². The number of aliphatic hydroxyl groups excluding tert-OH is 2. The van der Waals surface area contributed by atoms with Gasteiger partial charge in [-0.3, -0.25) is 4.90 Å². The molecule has 0 aromatic heterocycles. The number of hydrogen-bond acceptors (Lipinski definition) is 3. The predicted octanol–water partition coefficient (Wildman–Crippen LogP) is 4.56. The Morgan fingerprint density at radius 2 is 1.53 bits per heavy atom. The van der Waals surface area contributed by atoms with Crippen LogP contribution in [0, 0.1) is 58.7 Å². The minimum atomic E-state index is -0.181. The predicted molar refractivity (Wildman–Crippen MR) is 120 cm³/mol. The molecule has 6 fully saturated rings. The molecule has 0 unspecified atom stereocenters. The molecule has 0 amide bonds. The van der Waals surface area contributed by atoms with Crippen LogP contribution in [0.25, 0.3) is 0 Å². The maximum absolute atomic E-state index is 11.2. The van der Waals surface area contributed by atoms with Crippen LogP contribution in [0.4, 0.5) is 0 Å². The molecule has 0 radical (unpaired) electrons. The van der Waals surface area contributed by atoms with Gasteiger partial charge in [0.15, 0.2) is 0 Å². The number of aliphatic hydroxyl groups is 2. The zero-order valence-electron chi connectivity index (χ0n) is 19.5. The fourth-order valence-corrected chi connectivity index (χ4v) is 10.6. The molecule has 2 N–H and O–H groups in total. The first-order chi connectivity index (χ1) is 14.4. The van der Waals surface area contributed by atoms with Crippen molar-refractivity contribution in [1.29, 1.82) is 0 Å². The molecule has 0 spiro atoms. The normalized spacial score (nSPS) is 60.7. The number of rotatable bonds is 0. The molecular formula is C27H45NO2. The van der Waals surface area contributed by atoms with Crippen LogP contribution in [-0.2, 0) is 0 Å². The third-order valence-electron chi connectivity index (χ3n) is 12.0. The summed E-state index contributed by atoms with van der Waals surface area (Å²) < 4.78 is 0. The first kappa shape index (κ1) is 20.5. The summed E-state index contributed by atoms with van der Waals surface area (Å²) in [5, 5.41) is 21.5. The van der Waals surface area contributed by atoms with Crippen molar-refractivity contribution in [2.75, 3.05) is 13.1 Å². The number of fused-ring (bicyclic) bond motifs is 8. The quantitative estimate of drug-likeness (QED) is 0.609. The minimum Gasteiger partial charge on any atom is -0.393 e. The van der Waals surface area contributed by atoms with Gasteiger partial charge in [-0.2, -0.15) is 0 Å². The largest absolute Gasteiger partial charge is 0.393 e. The molecule has 2 saturated heterocycles. The number of nitrogens with zero attached hydrogens (tertiary/aromatic N) is 1. The Morgan fingerprint density at radius 3 is 2.37 bits per heavy atom. The highest BCUT2D eigenvalue weighted by Crippen LogP contribution is 2.67. The summed E-state index contributed by atoms with van der Waals surface area (Å²) >= 11 is 0. The average molecular weight is 416 g/mol. The van der Waals surface area contributed by atoms with Gasteiger partial charge in [0.05, 0.1) is 12.2 Å². The highest BCUT2D eigenvalue weighted by atomic mass is 16.3. The molecule has 6 rings (SSSR count). The van der Waals surface area contributed by atoms with Crippen molar-refractivity contribution in [2.45, 2.75) is 96.8 Å². The highest BCUT2D eigenvalue weighted by molar-refractivity contribution is 5.12. The van der Waals surface area contributed by atoms with Crippen LogP contribution >= 0.6 is 0 Å². The van der Waals surface area contributed by atoms with Gasteiger partial charge in [-0.1, -0.05) is 20.8 Å². The standard InChI is InChI=1S/C27H45NO2/c1-15-4-7-25-16(2)18-5-6-19-20(22(18)14-28(25)13-15)11-23-21(19)12-26(30)24-10-17(29)8-9-27(23,24)3/h15-26,29-30H,4-14H2,1-3H3/t15-,16-,17+,18-,19-,20-,21-,22-,23+,24-,25+,26+,27-/m1/s1. The van der Waals surface area contributed by atoms with Crippen molar-refractivity contribution < 1.29 is 10.2 Å². The Kier molecular flexibility index (Phi) is 4.91. The summed E-state index contributed by atoms with van der Waals surface area (Å²) in [5.74, 6) is 7.22. The van der Waals surface area contributed by atoms with Gasteiger partial charge in [-0.15, -0.1) is 0 Å². The van der Waals surface area contributed by atoms with Gasteiger partial charge in [0.2, 0.25) is 0 Å². The van der Waals surface area contributed by atoms with E-state index in [-0.39, 0.29) is 17.6 Å². The molecular weight excluding hydrogens is 370 g/mol. The molecule has 30 heavy (non-hydrogen) atoms. The van der Waals surface area contributed by atoms with Gasteiger partial charge in [-0.05, 0) is 116 Å². The van der Waals surface area contributed by atoms with E-state index >= 15 is 0 Å². The van der Waals surface area contributed by atoms with E-state index in [2.05, 4.69) is 25.7 Å². The van der Waals surface area contributed by atoms with Gasteiger partial charge in [0, 0.05) is 19.1 Å².